The van der Waals surface area contributed by atoms with E-state index in [1.807, 2.05) is 22.9 Å². The van der Waals surface area contributed by atoms with Gasteiger partial charge in [-0.25, -0.2) is 0 Å². The number of quaternary nitrogens is 1. The van der Waals surface area contributed by atoms with Gasteiger partial charge in [0, 0.05) is 11.6 Å². The highest BCUT2D eigenvalue weighted by Crippen LogP contribution is 2.40. The van der Waals surface area contributed by atoms with Gasteiger partial charge in [0.2, 0.25) is 4.77 Å². The molecule has 0 spiro atoms. The van der Waals surface area contributed by atoms with E-state index in [-0.39, 0.29) is 6.10 Å². The predicted molar refractivity (Wildman–Crippen MR) is 90.3 cm³/mol. The molecule has 0 radical (unpaired) electrons. The Hall–Kier alpha value is -1.50. The third-order valence-electron chi connectivity index (χ3n) is 4.79. The molecule has 4 rings (SSSR count). The first-order valence-electron chi connectivity index (χ1n) is 8.49. The summed E-state index contributed by atoms with van der Waals surface area (Å²) in [4.78, 5) is 1.36. The summed E-state index contributed by atoms with van der Waals surface area (Å²) in [5.74, 6) is 1.64. The Bertz CT molecular complexity index is 735. The largest absolute Gasteiger partial charge is 0.387 e. The number of nitrogens with one attached hydrogen (secondary N) is 1. The Kier molecular flexibility index (Phi) is 4.05. The molecular weight excluding hydrogens is 308 g/mol. The number of hydrogen-bond donors (Lipinski definition) is 2. The first-order valence-corrected chi connectivity index (χ1v) is 8.90. The van der Waals surface area contributed by atoms with Crippen LogP contribution in [0.4, 0.5) is 0 Å². The summed E-state index contributed by atoms with van der Waals surface area (Å²) in [6, 6.07) is 10.3. The second-order valence-corrected chi connectivity index (χ2v) is 7.11. The van der Waals surface area contributed by atoms with Gasteiger partial charge in [-0.15, -0.1) is 0 Å². The fourth-order valence-electron chi connectivity index (χ4n) is 3.43. The van der Waals surface area contributed by atoms with Gasteiger partial charge in [-0.05, 0) is 50.0 Å². The first-order chi connectivity index (χ1) is 11.2. The van der Waals surface area contributed by atoms with E-state index in [1.165, 1.54) is 17.7 Å². The van der Waals surface area contributed by atoms with Gasteiger partial charge >= 0.3 is 0 Å². The van der Waals surface area contributed by atoms with Crippen LogP contribution in [0.15, 0.2) is 30.3 Å². The molecule has 0 amide bonds. The normalized spacial score (nSPS) is 24.7. The van der Waals surface area contributed by atoms with Crippen LogP contribution >= 0.6 is 12.2 Å². The Labute approximate surface area is 141 Å². The summed E-state index contributed by atoms with van der Waals surface area (Å²) in [5, 5.41) is 14.7. The van der Waals surface area contributed by atoms with Crippen molar-refractivity contribution in [1.82, 2.24) is 14.3 Å². The van der Waals surface area contributed by atoms with Gasteiger partial charge in [-0.3, -0.25) is 4.57 Å². The molecule has 1 aliphatic heterocycles. The van der Waals surface area contributed by atoms with Crippen LogP contribution in [0.3, 0.4) is 0 Å². The highest BCUT2D eigenvalue weighted by atomic mass is 32.1. The molecule has 122 valence electrons. The standard InChI is InChI=1S/C17H22N4OS/c22-15-7-4-10-19(11-15)12-20-17(23)21(14-5-2-1-3-6-14)16(18-20)13-8-9-13/h1-3,5-6,13,15,22H,4,7-12H2/p+1/t15-/m0/s1. The lowest BCUT2D eigenvalue weighted by atomic mass is 10.1. The monoisotopic (exact) mass is 331 g/mol. The van der Waals surface area contributed by atoms with Crippen LogP contribution in [0.25, 0.3) is 5.69 Å². The van der Waals surface area contributed by atoms with Gasteiger partial charge in [0.15, 0.2) is 6.67 Å². The summed E-state index contributed by atoms with van der Waals surface area (Å²) in [6.45, 7) is 2.62. The molecule has 1 unspecified atom stereocenters. The number of likely N-dealkylation sites (tertiary alicyclic amines) is 1. The molecule has 2 atom stereocenters. The smallest absolute Gasteiger partial charge is 0.207 e. The average molecular weight is 331 g/mol. The van der Waals surface area contributed by atoms with Gasteiger partial charge in [-0.1, -0.05) is 18.2 Å². The quantitative estimate of drug-likeness (QED) is 0.830. The third-order valence-corrected chi connectivity index (χ3v) is 5.18. The minimum absolute atomic E-state index is 0.188. The Morgan fingerprint density at radius 1 is 1.22 bits per heavy atom. The van der Waals surface area contributed by atoms with Crippen LogP contribution < -0.4 is 4.90 Å². The zero-order valence-electron chi connectivity index (χ0n) is 13.2. The van der Waals surface area contributed by atoms with Crippen LogP contribution in [-0.4, -0.2) is 38.6 Å². The second-order valence-electron chi connectivity index (χ2n) is 6.74. The molecule has 5 nitrogen and oxygen atoms in total. The molecule has 1 saturated carbocycles. The van der Waals surface area contributed by atoms with Crippen LogP contribution in [0.5, 0.6) is 0 Å². The summed E-state index contributed by atoms with van der Waals surface area (Å²) in [6.07, 6.45) is 4.20. The maximum absolute atomic E-state index is 9.88. The van der Waals surface area contributed by atoms with Gasteiger partial charge < -0.3 is 10.0 Å². The number of aromatic nitrogens is 3. The lowest BCUT2D eigenvalue weighted by Gasteiger charge is -2.26. The fourth-order valence-corrected chi connectivity index (χ4v) is 3.74. The Balaban J connectivity index is 1.67. The molecule has 2 aromatic rings. The fraction of sp³-hybridized carbons (Fsp3) is 0.529. The van der Waals surface area contributed by atoms with E-state index in [4.69, 9.17) is 17.3 Å². The zero-order chi connectivity index (χ0) is 15.8. The van der Waals surface area contributed by atoms with Crippen molar-refractivity contribution in [2.24, 2.45) is 0 Å². The average Bonchev–Trinajstić information content (AvgIpc) is 3.34. The molecule has 1 aliphatic carbocycles. The van der Waals surface area contributed by atoms with Crippen molar-refractivity contribution in [1.29, 1.82) is 0 Å². The van der Waals surface area contributed by atoms with Crippen molar-refractivity contribution in [3.8, 4) is 5.69 Å². The van der Waals surface area contributed by atoms with Crippen molar-refractivity contribution < 1.29 is 10.0 Å². The maximum Gasteiger partial charge on any atom is 0.207 e. The van der Waals surface area contributed by atoms with Crippen LogP contribution in [0.2, 0.25) is 0 Å². The minimum atomic E-state index is -0.188. The molecule has 23 heavy (non-hydrogen) atoms. The number of aliphatic hydroxyl groups is 1. The molecule has 2 aliphatic rings. The van der Waals surface area contributed by atoms with Crippen molar-refractivity contribution in [2.45, 2.75) is 44.4 Å². The number of aliphatic hydroxyl groups excluding tert-OH is 1. The molecule has 2 heterocycles. The summed E-state index contributed by atoms with van der Waals surface area (Å²) in [7, 11) is 0. The molecule has 2 N–H and O–H groups in total. The predicted octanol–water partition coefficient (Wildman–Crippen LogP) is 1.28. The van der Waals surface area contributed by atoms with Gasteiger partial charge in [0.25, 0.3) is 0 Å². The summed E-state index contributed by atoms with van der Waals surface area (Å²) in [5.41, 5.74) is 1.10. The summed E-state index contributed by atoms with van der Waals surface area (Å²) >= 11 is 5.73. The lowest BCUT2D eigenvalue weighted by molar-refractivity contribution is -0.931. The van der Waals surface area contributed by atoms with Crippen LogP contribution in [0, 0.1) is 4.77 Å². The molecule has 2 fully saturated rings. The number of hydrogen-bond acceptors (Lipinski definition) is 3. The van der Waals surface area contributed by atoms with Crippen molar-refractivity contribution in [3.05, 3.63) is 40.9 Å². The molecule has 1 saturated heterocycles. The Morgan fingerprint density at radius 2 is 2.00 bits per heavy atom. The van der Waals surface area contributed by atoms with Crippen LogP contribution in [0.1, 0.15) is 37.4 Å². The van der Waals surface area contributed by atoms with E-state index in [1.54, 1.807) is 0 Å². The van der Waals surface area contributed by atoms with Gasteiger partial charge in [-0.2, -0.15) is 9.78 Å². The van der Waals surface area contributed by atoms with Gasteiger partial charge in [0.05, 0.1) is 6.54 Å². The molecule has 1 aromatic heterocycles. The molecule has 0 bridgehead atoms. The topological polar surface area (TPSA) is 47.4 Å². The number of rotatable bonds is 4. The first kappa shape index (κ1) is 15.1. The second kappa shape index (κ2) is 6.19. The number of para-hydroxylation sites is 1. The molecule has 6 heteroatoms. The highest BCUT2D eigenvalue weighted by molar-refractivity contribution is 7.71. The SMILES string of the molecule is O[C@H]1CCC[NH+](Cn2nc(C3CC3)n(-c3ccccc3)c2=S)C1. The Morgan fingerprint density at radius 3 is 2.70 bits per heavy atom. The molecular formula is C17H23N4OS+. The third kappa shape index (κ3) is 3.11. The lowest BCUT2D eigenvalue weighted by Crippen LogP contribution is -3.13. The van der Waals surface area contributed by atoms with Crippen molar-refractivity contribution in [2.75, 3.05) is 13.1 Å². The summed E-state index contributed by atoms with van der Waals surface area (Å²) < 4.78 is 4.86. The van der Waals surface area contributed by atoms with E-state index >= 15 is 0 Å². The van der Waals surface area contributed by atoms with E-state index < -0.39 is 0 Å². The molecule has 1 aromatic carbocycles. The zero-order valence-corrected chi connectivity index (χ0v) is 14.0. The van der Waals surface area contributed by atoms with E-state index in [0.29, 0.717) is 5.92 Å². The number of piperidine rings is 1. The highest BCUT2D eigenvalue weighted by Gasteiger charge is 2.31. The number of nitrogens with zero attached hydrogens (tertiary/aromatic N) is 3. The minimum Gasteiger partial charge on any atom is -0.387 e. The van der Waals surface area contributed by atoms with Crippen molar-refractivity contribution in [3.63, 3.8) is 0 Å². The van der Waals surface area contributed by atoms with Crippen LogP contribution in [-0.2, 0) is 6.67 Å². The van der Waals surface area contributed by atoms with Crippen molar-refractivity contribution >= 4 is 12.2 Å². The van der Waals surface area contributed by atoms with E-state index in [0.717, 1.165) is 48.9 Å². The number of benzene rings is 1. The van der Waals surface area contributed by atoms with Gasteiger partial charge in [0.1, 0.15) is 18.5 Å². The maximum atomic E-state index is 9.88. The van der Waals surface area contributed by atoms with E-state index in [2.05, 4.69) is 16.7 Å². The van der Waals surface area contributed by atoms with E-state index in [9.17, 15) is 5.11 Å².